The van der Waals surface area contributed by atoms with Gasteiger partial charge in [-0.2, -0.15) is 0 Å². The van der Waals surface area contributed by atoms with Crippen molar-refractivity contribution in [2.45, 2.75) is 44.9 Å². The SMILES string of the molecule is CCc1nc(C2CCCC2)c(-c2ccc3c(c2)NC(=O)CN3)s1. The number of nitrogens with zero attached hydrogens (tertiary/aromatic N) is 1. The standard InChI is InChI=1S/C18H21N3OS/c1-2-16-21-17(11-5-3-4-6-11)18(23-16)12-7-8-13-14(9-12)20-15(22)10-19-13/h7-9,11,19H,2-6,10H2,1H3,(H,20,22). The second kappa shape index (κ2) is 5.96. The summed E-state index contributed by atoms with van der Waals surface area (Å²) < 4.78 is 0. The first-order valence-electron chi connectivity index (χ1n) is 8.42. The monoisotopic (exact) mass is 327 g/mol. The number of anilines is 2. The summed E-state index contributed by atoms with van der Waals surface area (Å²) in [5.41, 5.74) is 4.32. The van der Waals surface area contributed by atoms with Crippen molar-refractivity contribution < 1.29 is 4.79 Å². The lowest BCUT2D eigenvalue weighted by Crippen LogP contribution is -2.27. The molecule has 1 aliphatic heterocycles. The fourth-order valence-electron chi connectivity index (χ4n) is 3.52. The van der Waals surface area contributed by atoms with E-state index < -0.39 is 0 Å². The average molecular weight is 327 g/mol. The Labute approximate surface area is 140 Å². The Balaban J connectivity index is 1.76. The Bertz CT molecular complexity index is 747. The molecule has 2 aromatic rings. The van der Waals surface area contributed by atoms with Crippen LogP contribution in [-0.2, 0) is 11.2 Å². The van der Waals surface area contributed by atoms with Crippen molar-refractivity contribution in [3.8, 4) is 10.4 Å². The van der Waals surface area contributed by atoms with Crippen LogP contribution < -0.4 is 10.6 Å². The van der Waals surface area contributed by atoms with Crippen LogP contribution in [0.15, 0.2) is 18.2 Å². The summed E-state index contributed by atoms with van der Waals surface area (Å²) in [5, 5.41) is 7.33. The predicted molar refractivity (Wildman–Crippen MR) is 95.3 cm³/mol. The fraction of sp³-hybridized carbons (Fsp3) is 0.444. The molecule has 2 aliphatic rings. The van der Waals surface area contributed by atoms with Gasteiger partial charge in [0, 0.05) is 5.92 Å². The zero-order valence-electron chi connectivity index (χ0n) is 13.3. The highest BCUT2D eigenvalue weighted by molar-refractivity contribution is 7.15. The minimum atomic E-state index is 0.0178. The van der Waals surface area contributed by atoms with Gasteiger partial charge < -0.3 is 10.6 Å². The van der Waals surface area contributed by atoms with Crippen LogP contribution in [0.25, 0.3) is 10.4 Å². The van der Waals surface area contributed by atoms with Crippen molar-refractivity contribution in [2.75, 3.05) is 17.2 Å². The molecule has 1 aromatic heterocycles. The Morgan fingerprint density at radius 1 is 1.26 bits per heavy atom. The molecule has 0 radical (unpaired) electrons. The molecule has 1 saturated carbocycles. The third-order valence-electron chi connectivity index (χ3n) is 4.74. The van der Waals surface area contributed by atoms with Gasteiger partial charge >= 0.3 is 0 Å². The van der Waals surface area contributed by atoms with Crippen LogP contribution in [0.3, 0.4) is 0 Å². The van der Waals surface area contributed by atoms with E-state index in [2.05, 4.69) is 35.8 Å². The lowest BCUT2D eigenvalue weighted by atomic mass is 9.99. The van der Waals surface area contributed by atoms with Gasteiger partial charge in [-0.3, -0.25) is 4.79 Å². The van der Waals surface area contributed by atoms with Gasteiger partial charge in [-0.05, 0) is 37.0 Å². The lowest BCUT2D eigenvalue weighted by molar-refractivity contribution is -0.114. The molecule has 0 saturated heterocycles. The predicted octanol–water partition coefficient (Wildman–Crippen LogP) is 4.39. The molecule has 23 heavy (non-hydrogen) atoms. The number of aromatic nitrogens is 1. The van der Waals surface area contributed by atoms with Gasteiger partial charge in [-0.15, -0.1) is 11.3 Å². The molecule has 0 atom stereocenters. The quantitative estimate of drug-likeness (QED) is 0.879. The van der Waals surface area contributed by atoms with Crippen molar-refractivity contribution in [1.82, 2.24) is 4.98 Å². The first-order chi connectivity index (χ1) is 11.2. The average Bonchev–Trinajstić information content (AvgIpc) is 3.23. The number of carbonyl (C=O) groups excluding carboxylic acids is 1. The maximum absolute atomic E-state index is 11.6. The molecule has 4 rings (SSSR count). The number of fused-ring (bicyclic) bond motifs is 1. The molecule has 0 unspecified atom stereocenters. The summed E-state index contributed by atoms with van der Waals surface area (Å²) in [6, 6.07) is 6.30. The van der Waals surface area contributed by atoms with Crippen molar-refractivity contribution >= 4 is 28.6 Å². The molecule has 1 aliphatic carbocycles. The Kier molecular flexibility index (Phi) is 3.81. The number of thiazole rings is 1. The van der Waals surface area contributed by atoms with Gasteiger partial charge in [-0.25, -0.2) is 4.98 Å². The van der Waals surface area contributed by atoms with E-state index in [-0.39, 0.29) is 5.91 Å². The van der Waals surface area contributed by atoms with Crippen molar-refractivity contribution in [3.05, 3.63) is 28.9 Å². The van der Waals surface area contributed by atoms with Gasteiger partial charge in [0.25, 0.3) is 0 Å². The molecule has 5 heteroatoms. The number of rotatable bonds is 3. The zero-order chi connectivity index (χ0) is 15.8. The summed E-state index contributed by atoms with van der Waals surface area (Å²) >= 11 is 1.81. The number of aryl methyl sites for hydroxylation is 1. The number of nitrogens with one attached hydrogen (secondary N) is 2. The highest BCUT2D eigenvalue weighted by atomic mass is 32.1. The van der Waals surface area contributed by atoms with Crippen LogP contribution >= 0.6 is 11.3 Å². The second-order valence-electron chi connectivity index (χ2n) is 6.32. The van der Waals surface area contributed by atoms with Gasteiger partial charge in [0.05, 0.1) is 33.5 Å². The molecular weight excluding hydrogens is 306 g/mol. The third-order valence-corrected chi connectivity index (χ3v) is 6.00. The maximum Gasteiger partial charge on any atom is 0.243 e. The third kappa shape index (κ3) is 2.74. The minimum absolute atomic E-state index is 0.0178. The first-order valence-corrected chi connectivity index (χ1v) is 9.24. The van der Waals surface area contributed by atoms with Crippen molar-refractivity contribution in [3.63, 3.8) is 0 Å². The molecule has 1 fully saturated rings. The number of amides is 1. The Hall–Kier alpha value is -1.88. The molecule has 4 nitrogen and oxygen atoms in total. The maximum atomic E-state index is 11.6. The van der Waals surface area contributed by atoms with E-state index >= 15 is 0 Å². The second-order valence-corrected chi connectivity index (χ2v) is 7.40. The number of benzene rings is 1. The molecule has 1 amide bonds. The zero-order valence-corrected chi connectivity index (χ0v) is 14.1. The van der Waals surface area contributed by atoms with E-state index in [4.69, 9.17) is 4.98 Å². The topological polar surface area (TPSA) is 54.0 Å². The largest absolute Gasteiger partial charge is 0.374 e. The van der Waals surface area contributed by atoms with Crippen LogP contribution in [0.2, 0.25) is 0 Å². The van der Waals surface area contributed by atoms with E-state index in [1.807, 2.05) is 0 Å². The lowest BCUT2D eigenvalue weighted by Gasteiger charge is -2.19. The van der Waals surface area contributed by atoms with E-state index in [0.29, 0.717) is 12.5 Å². The molecule has 2 heterocycles. The van der Waals surface area contributed by atoms with Crippen molar-refractivity contribution in [2.24, 2.45) is 0 Å². The highest BCUT2D eigenvalue weighted by Gasteiger charge is 2.25. The summed E-state index contributed by atoms with van der Waals surface area (Å²) in [6.45, 7) is 2.51. The fourth-order valence-corrected chi connectivity index (χ4v) is 4.61. The van der Waals surface area contributed by atoms with Gasteiger partial charge in [0.1, 0.15) is 0 Å². The van der Waals surface area contributed by atoms with E-state index in [1.165, 1.54) is 46.8 Å². The molecular formula is C18H21N3OS. The Morgan fingerprint density at radius 2 is 2.09 bits per heavy atom. The number of hydrogen-bond acceptors (Lipinski definition) is 4. The summed E-state index contributed by atoms with van der Waals surface area (Å²) in [7, 11) is 0. The van der Waals surface area contributed by atoms with Crippen LogP contribution in [-0.4, -0.2) is 17.4 Å². The first kappa shape index (κ1) is 14.7. The van der Waals surface area contributed by atoms with E-state index in [9.17, 15) is 4.79 Å². The normalized spacial score (nSPS) is 17.7. The molecule has 1 aromatic carbocycles. The van der Waals surface area contributed by atoms with Gasteiger partial charge in [-0.1, -0.05) is 25.8 Å². The minimum Gasteiger partial charge on any atom is -0.374 e. The number of carbonyl (C=O) groups is 1. The molecule has 120 valence electrons. The summed E-state index contributed by atoms with van der Waals surface area (Å²) in [6.07, 6.45) is 6.11. The van der Waals surface area contributed by atoms with E-state index in [1.54, 1.807) is 11.3 Å². The van der Waals surface area contributed by atoms with Gasteiger partial charge in [0.2, 0.25) is 5.91 Å². The van der Waals surface area contributed by atoms with Gasteiger partial charge in [0.15, 0.2) is 0 Å². The van der Waals surface area contributed by atoms with Crippen LogP contribution in [0.4, 0.5) is 11.4 Å². The van der Waals surface area contributed by atoms with Crippen LogP contribution in [0, 0.1) is 0 Å². The number of hydrogen-bond donors (Lipinski definition) is 2. The molecule has 0 spiro atoms. The molecule has 2 N–H and O–H groups in total. The highest BCUT2D eigenvalue weighted by Crippen LogP contribution is 2.43. The van der Waals surface area contributed by atoms with Crippen LogP contribution in [0.5, 0.6) is 0 Å². The summed E-state index contributed by atoms with van der Waals surface area (Å²) in [4.78, 5) is 17.8. The van der Waals surface area contributed by atoms with E-state index in [0.717, 1.165) is 17.8 Å². The Morgan fingerprint density at radius 3 is 2.87 bits per heavy atom. The van der Waals surface area contributed by atoms with Crippen LogP contribution in [0.1, 0.15) is 49.2 Å². The van der Waals surface area contributed by atoms with Crippen molar-refractivity contribution in [1.29, 1.82) is 0 Å². The smallest absolute Gasteiger partial charge is 0.243 e. The molecule has 0 bridgehead atoms. The summed E-state index contributed by atoms with van der Waals surface area (Å²) in [5.74, 6) is 0.620.